The molecule has 0 aliphatic carbocycles. The normalized spacial score (nSPS) is 10.4. The molecular weight excluding hydrogens is 280 g/mol. The van der Waals surface area contributed by atoms with Crippen LogP contribution in [-0.2, 0) is 0 Å². The van der Waals surface area contributed by atoms with E-state index in [4.69, 9.17) is 11.6 Å². The molecule has 0 spiro atoms. The van der Waals surface area contributed by atoms with Crippen LogP contribution in [0, 0.1) is 0 Å². The molecule has 0 aliphatic rings. The highest BCUT2D eigenvalue weighted by atomic mass is 35.5. The average Bonchev–Trinajstić information content (AvgIpc) is 2.89. The summed E-state index contributed by atoms with van der Waals surface area (Å²) in [6.07, 6.45) is 3.14. The van der Waals surface area contributed by atoms with Crippen molar-refractivity contribution in [3.8, 4) is 5.82 Å². The predicted molar refractivity (Wildman–Crippen MR) is 76.3 cm³/mol. The van der Waals surface area contributed by atoms with Gasteiger partial charge in [0.2, 0.25) is 5.95 Å². The summed E-state index contributed by atoms with van der Waals surface area (Å²) in [6, 6.07) is 1.62. The molecule has 0 saturated heterocycles. The highest BCUT2D eigenvalue weighted by Crippen LogP contribution is 2.18. The minimum absolute atomic E-state index is 0.180. The Labute approximate surface area is 121 Å². The molecule has 20 heavy (non-hydrogen) atoms. The van der Waals surface area contributed by atoms with E-state index in [1.165, 1.54) is 15.8 Å². The van der Waals surface area contributed by atoms with Gasteiger partial charge in [0.1, 0.15) is 5.02 Å². The van der Waals surface area contributed by atoms with Gasteiger partial charge in [-0.3, -0.25) is 4.79 Å². The van der Waals surface area contributed by atoms with Crippen LogP contribution < -0.4 is 5.32 Å². The second-order valence-corrected chi connectivity index (χ2v) is 4.65. The van der Waals surface area contributed by atoms with Crippen molar-refractivity contribution in [2.45, 2.75) is 6.92 Å². The van der Waals surface area contributed by atoms with E-state index in [0.717, 1.165) is 0 Å². The summed E-state index contributed by atoms with van der Waals surface area (Å²) < 4.78 is 1.46. The summed E-state index contributed by atoms with van der Waals surface area (Å²) in [7, 11) is 3.34. The van der Waals surface area contributed by atoms with Gasteiger partial charge in [0, 0.05) is 26.8 Å². The lowest BCUT2D eigenvalue weighted by Crippen LogP contribution is -2.22. The lowest BCUT2D eigenvalue weighted by molar-refractivity contribution is 0.0821. The van der Waals surface area contributed by atoms with Gasteiger partial charge in [-0.15, -0.1) is 0 Å². The highest BCUT2D eigenvalue weighted by molar-refractivity contribution is 6.32. The van der Waals surface area contributed by atoms with E-state index in [1.807, 2.05) is 6.92 Å². The monoisotopic (exact) mass is 294 g/mol. The molecule has 1 N–H and O–H groups in total. The van der Waals surface area contributed by atoms with Gasteiger partial charge < -0.3 is 10.2 Å². The van der Waals surface area contributed by atoms with Crippen LogP contribution in [0.15, 0.2) is 18.5 Å². The Kier molecular flexibility index (Phi) is 4.19. The molecule has 2 rings (SSSR count). The Morgan fingerprint density at radius 2 is 2.25 bits per heavy atom. The van der Waals surface area contributed by atoms with Crippen molar-refractivity contribution in [1.82, 2.24) is 24.6 Å². The largest absolute Gasteiger partial charge is 0.354 e. The number of nitrogens with one attached hydrogen (secondary N) is 1. The molecule has 2 aromatic rings. The lowest BCUT2D eigenvalue weighted by atomic mass is 10.4. The Balaban J connectivity index is 2.36. The third-order valence-corrected chi connectivity index (χ3v) is 2.76. The number of carbonyl (C=O) groups excluding carboxylic acids is 1. The summed E-state index contributed by atoms with van der Waals surface area (Å²) in [5.41, 5.74) is 0.328. The first-order chi connectivity index (χ1) is 9.52. The smallest absolute Gasteiger partial charge is 0.273 e. The van der Waals surface area contributed by atoms with Gasteiger partial charge in [0.05, 0.1) is 6.20 Å². The highest BCUT2D eigenvalue weighted by Gasteiger charge is 2.14. The second-order valence-electron chi connectivity index (χ2n) is 4.24. The minimum Gasteiger partial charge on any atom is -0.354 e. The van der Waals surface area contributed by atoms with Crippen molar-refractivity contribution < 1.29 is 4.79 Å². The number of amides is 1. The van der Waals surface area contributed by atoms with Crippen LogP contribution in [0.25, 0.3) is 5.82 Å². The number of anilines is 1. The molecule has 0 fully saturated rings. The minimum atomic E-state index is -0.180. The van der Waals surface area contributed by atoms with Crippen LogP contribution in [0.2, 0.25) is 5.02 Å². The Morgan fingerprint density at radius 1 is 1.50 bits per heavy atom. The van der Waals surface area contributed by atoms with Crippen molar-refractivity contribution in [3.05, 3.63) is 29.2 Å². The van der Waals surface area contributed by atoms with E-state index >= 15 is 0 Å². The zero-order valence-corrected chi connectivity index (χ0v) is 12.2. The van der Waals surface area contributed by atoms with Crippen molar-refractivity contribution in [2.24, 2.45) is 0 Å². The molecule has 106 valence electrons. The SMILES string of the molecule is CCNc1ncc(Cl)c(-n2ccc(C(=O)N(C)C)n2)n1. The van der Waals surface area contributed by atoms with Crippen LogP contribution >= 0.6 is 11.6 Å². The van der Waals surface area contributed by atoms with Crippen molar-refractivity contribution >= 4 is 23.5 Å². The Hall–Kier alpha value is -2.15. The molecule has 0 aromatic carbocycles. The zero-order valence-electron chi connectivity index (χ0n) is 11.5. The van der Waals surface area contributed by atoms with E-state index < -0.39 is 0 Å². The average molecular weight is 295 g/mol. The number of hydrogen-bond acceptors (Lipinski definition) is 5. The first-order valence-electron chi connectivity index (χ1n) is 6.07. The van der Waals surface area contributed by atoms with Gasteiger partial charge in [-0.25, -0.2) is 9.67 Å². The number of rotatable bonds is 4. The topological polar surface area (TPSA) is 75.9 Å². The summed E-state index contributed by atoms with van der Waals surface area (Å²) in [5, 5.41) is 7.54. The maximum atomic E-state index is 11.8. The van der Waals surface area contributed by atoms with Crippen LogP contribution in [0.1, 0.15) is 17.4 Å². The molecule has 0 atom stereocenters. The summed E-state index contributed by atoms with van der Waals surface area (Å²) in [4.78, 5) is 21.6. The molecule has 0 saturated carbocycles. The van der Waals surface area contributed by atoms with Gasteiger partial charge in [-0.2, -0.15) is 10.1 Å². The maximum Gasteiger partial charge on any atom is 0.273 e. The van der Waals surface area contributed by atoms with E-state index in [1.54, 1.807) is 26.4 Å². The fourth-order valence-electron chi connectivity index (χ4n) is 1.55. The van der Waals surface area contributed by atoms with Gasteiger partial charge in [0.15, 0.2) is 11.5 Å². The summed E-state index contributed by atoms with van der Waals surface area (Å²) >= 11 is 6.07. The van der Waals surface area contributed by atoms with Gasteiger partial charge >= 0.3 is 0 Å². The van der Waals surface area contributed by atoms with E-state index in [-0.39, 0.29) is 5.91 Å². The fraction of sp³-hybridized carbons (Fsp3) is 0.333. The molecular formula is C12H15ClN6O. The van der Waals surface area contributed by atoms with E-state index in [0.29, 0.717) is 29.0 Å². The van der Waals surface area contributed by atoms with Gasteiger partial charge in [-0.1, -0.05) is 11.6 Å². The van der Waals surface area contributed by atoms with E-state index in [2.05, 4.69) is 20.4 Å². The third kappa shape index (κ3) is 2.88. The lowest BCUT2D eigenvalue weighted by Gasteiger charge is -2.08. The van der Waals surface area contributed by atoms with E-state index in [9.17, 15) is 4.79 Å². The van der Waals surface area contributed by atoms with Crippen molar-refractivity contribution in [2.75, 3.05) is 26.0 Å². The quantitative estimate of drug-likeness (QED) is 0.923. The number of carbonyl (C=O) groups is 1. The first-order valence-corrected chi connectivity index (χ1v) is 6.44. The Bertz CT molecular complexity index is 624. The Morgan fingerprint density at radius 3 is 2.90 bits per heavy atom. The molecule has 2 heterocycles. The van der Waals surface area contributed by atoms with Crippen LogP contribution in [-0.4, -0.2) is 51.2 Å². The molecule has 1 amide bonds. The van der Waals surface area contributed by atoms with Crippen molar-refractivity contribution in [1.29, 1.82) is 0 Å². The van der Waals surface area contributed by atoms with Gasteiger partial charge in [0.25, 0.3) is 5.91 Å². The number of aromatic nitrogens is 4. The molecule has 0 unspecified atom stereocenters. The van der Waals surface area contributed by atoms with Crippen LogP contribution in [0.4, 0.5) is 5.95 Å². The fourth-order valence-corrected chi connectivity index (χ4v) is 1.72. The number of halogens is 1. The van der Waals surface area contributed by atoms with Crippen LogP contribution in [0.3, 0.4) is 0 Å². The number of nitrogens with zero attached hydrogens (tertiary/aromatic N) is 5. The third-order valence-electron chi connectivity index (χ3n) is 2.49. The molecule has 8 heteroatoms. The maximum absolute atomic E-state index is 11.8. The van der Waals surface area contributed by atoms with Crippen LogP contribution in [0.5, 0.6) is 0 Å². The molecule has 7 nitrogen and oxygen atoms in total. The zero-order chi connectivity index (χ0) is 14.7. The molecule has 0 bridgehead atoms. The molecule has 0 aliphatic heterocycles. The summed E-state index contributed by atoms with van der Waals surface area (Å²) in [6.45, 7) is 2.64. The second kappa shape index (κ2) is 5.87. The standard InChI is InChI=1S/C12H15ClN6O/c1-4-14-12-15-7-8(13)10(16-12)19-6-5-9(17-19)11(20)18(2)3/h5-7H,4H2,1-3H3,(H,14,15,16). The molecule has 0 radical (unpaired) electrons. The summed E-state index contributed by atoms with van der Waals surface area (Å²) in [5.74, 6) is 0.708. The number of hydrogen-bond donors (Lipinski definition) is 1. The van der Waals surface area contributed by atoms with Crippen molar-refractivity contribution in [3.63, 3.8) is 0 Å². The first kappa shape index (κ1) is 14.3. The predicted octanol–water partition coefficient (Wildman–Crippen LogP) is 1.45. The molecule has 2 aromatic heterocycles. The van der Waals surface area contributed by atoms with Gasteiger partial charge in [-0.05, 0) is 13.0 Å².